The lowest BCUT2D eigenvalue weighted by Gasteiger charge is -2.30. The number of aliphatic carboxylic acids is 1. The number of carbonyl (C=O) groups is 4. The van der Waals surface area contributed by atoms with Crippen LogP contribution in [-0.2, 0) is 25.6 Å². The highest BCUT2D eigenvalue weighted by molar-refractivity contribution is 5.94. The third-order valence-corrected chi connectivity index (χ3v) is 5.29. The zero-order valence-electron chi connectivity index (χ0n) is 18.3. The third-order valence-electron chi connectivity index (χ3n) is 5.29. The minimum absolute atomic E-state index is 0.0207. The van der Waals surface area contributed by atoms with E-state index in [-0.39, 0.29) is 12.3 Å². The van der Waals surface area contributed by atoms with Gasteiger partial charge in [0.1, 0.15) is 24.2 Å². The first-order valence-corrected chi connectivity index (χ1v) is 10.6. The van der Waals surface area contributed by atoms with Crippen LogP contribution < -0.4 is 16.4 Å². The topological polar surface area (TPSA) is 191 Å². The average Bonchev–Trinajstić information content (AvgIpc) is 3.43. The average molecular weight is 453 g/mol. The highest BCUT2D eigenvalue weighted by Gasteiger charge is 2.39. The second kappa shape index (κ2) is 11.6. The standard InChI is InChI=1S/C20H32N6O6/c1-11(2)6-14(24-17(28)13(21)9-27)19(30)26-5-3-4-16(26)18(29)25-15(20(31)32)7-12-8-22-10-23-12/h8,10-11,13-16,27H,3-7,9,21H2,1-2H3,(H,22,23)(H,24,28)(H,25,29)(H,31,32). The zero-order chi connectivity index (χ0) is 23.8. The minimum atomic E-state index is -1.20. The molecule has 0 aliphatic carbocycles. The van der Waals surface area contributed by atoms with Crippen molar-refractivity contribution in [2.45, 2.75) is 63.7 Å². The van der Waals surface area contributed by atoms with Crippen LogP contribution in [0, 0.1) is 5.92 Å². The molecule has 1 aliphatic heterocycles. The van der Waals surface area contributed by atoms with Gasteiger partial charge in [-0.15, -0.1) is 0 Å². The fourth-order valence-corrected chi connectivity index (χ4v) is 3.64. The summed E-state index contributed by atoms with van der Waals surface area (Å²) in [4.78, 5) is 57.9. The van der Waals surface area contributed by atoms with E-state index in [1.165, 1.54) is 17.4 Å². The number of amides is 3. The van der Waals surface area contributed by atoms with E-state index in [1.807, 2.05) is 13.8 Å². The summed E-state index contributed by atoms with van der Waals surface area (Å²) in [5.74, 6) is -2.79. The maximum Gasteiger partial charge on any atom is 0.326 e. The molecule has 32 heavy (non-hydrogen) atoms. The van der Waals surface area contributed by atoms with Crippen molar-refractivity contribution in [3.8, 4) is 0 Å². The van der Waals surface area contributed by atoms with Gasteiger partial charge >= 0.3 is 5.97 Å². The Labute approximate surface area is 185 Å². The molecule has 12 nitrogen and oxygen atoms in total. The van der Waals surface area contributed by atoms with Crippen molar-refractivity contribution in [2.75, 3.05) is 13.2 Å². The summed E-state index contributed by atoms with van der Waals surface area (Å²) >= 11 is 0. The minimum Gasteiger partial charge on any atom is -0.480 e. The van der Waals surface area contributed by atoms with Crippen LogP contribution in [-0.4, -0.2) is 86.1 Å². The normalized spacial score (nSPS) is 18.8. The molecule has 3 amide bonds. The summed E-state index contributed by atoms with van der Waals surface area (Å²) in [7, 11) is 0. The number of imidazole rings is 1. The number of likely N-dealkylation sites (tertiary alicyclic amines) is 1. The summed E-state index contributed by atoms with van der Waals surface area (Å²) < 4.78 is 0. The number of hydrogen-bond acceptors (Lipinski definition) is 7. The monoisotopic (exact) mass is 452 g/mol. The molecule has 1 fully saturated rings. The lowest BCUT2D eigenvalue weighted by molar-refractivity contribution is -0.145. The van der Waals surface area contributed by atoms with Crippen molar-refractivity contribution in [3.05, 3.63) is 18.2 Å². The number of nitrogens with two attached hydrogens (primary N) is 1. The van der Waals surface area contributed by atoms with Gasteiger partial charge in [0.25, 0.3) is 0 Å². The van der Waals surface area contributed by atoms with Crippen molar-refractivity contribution in [1.82, 2.24) is 25.5 Å². The Morgan fingerprint density at radius 1 is 1.28 bits per heavy atom. The van der Waals surface area contributed by atoms with Crippen LogP contribution in [0.3, 0.4) is 0 Å². The molecule has 2 rings (SSSR count). The van der Waals surface area contributed by atoms with E-state index in [0.717, 1.165) is 0 Å². The van der Waals surface area contributed by atoms with Crippen molar-refractivity contribution in [3.63, 3.8) is 0 Å². The summed E-state index contributed by atoms with van der Waals surface area (Å²) in [6.07, 6.45) is 4.19. The Morgan fingerprint density at radius 3 is 2.56 bits per heavy atom. The first kappa shape index (κ1) is 25.3. The van der Waals surface area contributed by atoms with E-state index >= 15 is 0 Å². The second-order valence-electron chi connectivity index (χ2n) is 8.35. The molecular weight excluding hydrogens is 420 g/mol. The fourth-order valence-electron chi connectivity index (χ4n) is 3.64. The van der Waals surface area contributed by atoms with Gasteiger partial charge in [0.2, 0.25) is 17.7 Å². The van der Waals surface area contributed by atoms with Crippen molar-refractivity contribution >= 4 is 23.7 Å². The summed E-state index contributed by atoms with van der Waals surface area (Å²) in [5, 5.41) is 23.7. The van der Waals surface area contributed by atoms with Crippen LogP contribution in [0.25, 0.3) is 0 Å². The number of aromatic amines is 1. The van der Waals surface area contributed by atoms with E-state index in [0.29, 0.717) is 31.5 Å². The van der Waals surface area contributed by atoms with E-state index < -0.39 is 54.5 Å². The van der Waals surface area contributed by atoms with Crippen LogP contribution in [0.15, 0.2) is 12.5 Å². The molecule has 1 aliphatic rings. The lowest BCUT2D eigenvalue weighted by atomic mass is 10.0. The molecule has 0 aromatic carbocycles. The van der Waals surface area contributed by atoms with E-state index in [2.05, 4.69) is 20.6 Å². The number of nitrogens with one attached hydrogen (secondary N) is 3. The maximum absolute atomic E-state index is 13.2. The van der Waals surface area contributed by atoms with Crippen LogP contribution in [0.5, 0.6) is 0 Å². The van der Waals surface area contributed by atoms with Gasteiger partial charge in [0.05, 0.1) is 12.9 Å². The molecule has 4 unspecified atom stereocenters. The Bertz CT molecular complexity index is 799. The number of aliphatic hydroxyl groups excluding tert-OH is 1. The molecule has 178 valence electrons. The number of carboxylic acids is 1. The Hall–Kier alpha value is -2.99. The predicted octanol–water partition coefficient (Wildman–Crippen LogP) is -1.64. The number of aliphatic hydroxyl groups is 1. The van der Waals surface area contributed by atoms with E-state index in [4.69, 9.17) is 10.8 Å². The number of carboxylic acid groups (broad SMARTS) is 1. The highest BCUT2D eigenvalue weighted by Crippen LogP contribution is 2.21. The molecule has 12 heteroatoms. The predicted molar refractivity (Wildman–Crippen MR) is 113 cm³/mol. The molecule has 7 N–H and O–H groups in total. The van der Waals surface area contributed by atoms with Gasteiger partial charge < -0.3 is 36.5 Å². The Morgan fingerprint density at radius 2 is 2.00 bits per heavy atom. The smallest absolute Gasteiger partial charge is 0.326 e. The van der Waals surface area contributed by atoms with Gasteiger partial charge in [0.15, 0.2) is 0 Å². The molecule has 0 radical (unpaired) electrons. The van der Waals surface area contributed by atoms with Crippen molar-refractivity contribution < 1.29 is 29.4 Å². The highest BCUT2D eigenvalue weighted by atomic mass is 16.4. The van der Waals surface area contributed by atoms with Gasteiger partial charge in [-0.1, -0.05) is 13.8 Å². The quantitative estimate of drug-likeness (QED) is 0.230. The molecule has 2 heterocycles. The zero-order valence-corrected chi connectivity index (χ0v) is 18.3. The van der Waals surface area contributed by atoms with Crippen LogP contribution >= 0.6 is 0 Å². The van der Waals surface area contributed by atoms with E-state index in [1.54, 1.807) is 0 Å². The van der Waals surface area contributed by atoms with Gasteiger partial charge in [-0.25, -0.2) is 9.78 Å². The van der Waals surface area contributed by atoms with Gasteiger partial charge in [-0.2, -0.15) is 0 Å². The van der Waals surface area contributed by atoms with Gasteiger partial charge in [-0.05, 0) is 25.2 Å². The number of hydrogen-bond donors (Lipinski definition) is 6. The first-order valence-electron chi connectivity index (χ1n) is 10.6. The number of nitrogens with zero attached hydrogens (tertiary/aromatic N) is 2. The largest absolute Gasteiger partial charge is 0.480 e. The molecule has 1 saturated heterocycles. The summed E-state index contributed by atoms with van der Waals surface area (Å²) in [6.45, 7) is 3.53. The number of rotatable bonds is 11. The number of aromatic nitrogens is 2. The number of H-pyrrole nitrogens is 1. The molecule has 0 spiro atoms. The van der Waals surface area contributed by atoms with Crippen LogP contribution in [0.1, 0.15) is 38.8 Å². The first-order chi connectivity index (χ1) is 15.1. The van der Waals surface area contributed by atoms with E-state index in [9.17, 15) is 24.3 Å². The van der Waals surface area contributed by atoms with Gasteiger partial charge in [-0.3, -0.25) is 14.4 Å². The van der Waals surface area contributed by atoms with Crippen LogP contribution in [0.4, 0.5) is 0 Å². The van der Waals surface area contributed by atoms with Crippen molar-refractivity contribution in [2.24, 2.45) is 11.7 Å². The second-order valence-corrected chi connectivity index (χ2v) is 8.35. The Kier molecular flexibility index (Phi) is 9.14. The molecule has 0 saturated carbocycles. The van der Waals surface area contributed by atoms with Gasteiger partial charge in [0, 0.05) is 24.9 Å². The Balaban J connectivity index is 2.11. The summed E-state index contributed by atoms with van der Waals surface area (Å²) in [6, 6.07) is -4.10. The molecular formula is C20H32N6O6. The molecule has 1 aromatic rings. The third kappa shape index (κ3) is 6.76. The lowest BCUT2D eigenvalue weighted by Crippen LogP contribution is -2.57. The van der Waals surface area contributed by atoms with Crippen LogP contribution in [0.2, 0.25) is 0 Å². The summed E-state index contributed by atoms with van der Waals surface area (Å²) in [5.41, 5.74) is 6.10. The van der Waals surface area contributed by atoms with Crippen molar-refractivity contribution in [1.29, 1.82) is 0 Å². The SMILES string of the molecule is CC(C)CC(NC(=O)C(N)CO)C(=O)N1CCCC1C(=O)NC(Cc1cnc[nH]1)C(=O)O. The maximum atomic E-state index is 13.2. The molecule has 4 atom stereocenters. The number of carbonyl (C=O) groups excluding carboxylic acids is 3. The fraction of sp³-hybridized carbons (Fsp3) is 0.650. The molecule has 0 bridgehead atoms. The molecule has 1 aromatic heterocycles.